The first-order valence-corrected chi connectivity index (χ1v) is 9.84. The molecule has 2 aromatic rings. The molecule has 0 amide bonds. The average molecular weight is 371 g/mol. The van der Waals surface area contributed by atoms with E-state index in [1.807, 2.05) is 0 Å². The highest BCUT2D eigenvalue weighted by molar-refractivity contribution is 7.92. The van der Waals surface area contributed by atoms with Crippen molar-refractivity contribution in [3.8, 4) is 0 Å². The van der Waals surface area contributed by atoms with Crippen LogP contribution >= 0.6 is 0 Å². The molecule has 10 heteroatoms. The average Bonchev–Trinajstić information content (AvgIpc) is 2.56. The maximum atomic E-state index is 12.2. The summed E-state index contributed by atoms with van der Waals surface area (Å²) in [7, 11) is -6.09. The molecule has 24 heavy (non-hydrogen) atoms. The van der Waals surface area contributed by atoms with Gasteiger partial charge in [0.1, 0.15) is 5.82 Å². The van der Waals surface area contributed by atoms with E-state index in [0.717, 1.165) is 0 Å². The van der Waals surface area contributed by atoms with Gasteiger partial charge in [0, 0.05) is 19.9 Å². The quantitative estimate of drug-likeness (QED) is 0.664. The molecule has 0 atom stereocenters. The fourth-order valence-electron chi connectivity index (χ4n) is 1.78. The number of benzene rings is 1. The molecular formula is C14H17N3O5S2. The van der Waals surface area contributed by atoms with E-state index < -0.39 is 20.0 Å². The van der Waals surface area contributed by atoms with Gasteiger partial charge < -0.3 is 4.74 Å². The SMILES string of the molecule is COCCNS(=O)(=O)c1ccc(S(=O)(=O)Nc2ccccn2)cc1. The molecule has 0 spiro atoms. The van der Waals surface area contributed by atoms with E-state index in [-0.39, 0.29) is 28.8 Å². The van der Waals surface area contributed by atoms with Crippen molar-refractivity contribution in [3.63, 3.8) is 0 Å². The number of hydrogen-bond acceptors (Lipinski definition) is 6. The molecule has 1 aromatic carbocycles. The smallest absolute Gasteiger partial charge is 0.263 e. The first-order valence-electron chi connectivity index (χ1n) is 6.88. The Morgan fingerprint density at radius 3 is 2.12 bits per heavy atom. The predicted molar refractivity (Wildman–Crippen MR) is 88.6 cm³/mol. The topological polar surface area (TPSA) is 114 Å². The number of pyridine rings is 1. The van der Waals surface area contributed by atoms with Crippen molar-refractivity contribution in [2.75, 3.05) is 25.0 Å². The van der Waals surface area contributed by atoms with E-state index in [1.54, 1.807) is 12.1 Å². The van der Waals surface area contributed by atoms with Gasteiger partial charge in [-0.1, -0.05) is 6.07 Å². The molecule has 0 radical (unpaired) electrons. The van der Waals surface area contributed by atoms with Crippen molar-refractivity contribution >= 4 is 25.9 Å². The molecule has 1 aromatic heterocycles. The number of nitrogens with zero attached hydrogens (tertiary/aromatic N) is 1. The minimum Gasteiger partial charge on any atom is -0.383 e. The highest BCUT2D eigenvalue weighted by atomic mass is 32.2. The summed E-state index contributed by atoms with van der Waals surface area (Å²) in [5.41, 5.74) is 0. The molecule has 2 rings (SSSR count). The lowest BCUT2D eigenvalue weighted by molar-refractivity contribution is 0.204. The number of nitrogens with one attached hydrogen (secondary N) is 2. The summed E-state index contributed by atoms with van der Waals surface area (Å²) < 4.78 is 57.9. The summed E-state index contributed by atoms with van der Waals surface area (Å²) in [6.07, 6.45) is 1.46. The van der Waals surface area contributed by atoms with Gasteiger partial charge in [-0.2, -0.15) is 0 Å². The van der Waals surface area contributed by atoms with Crippen LogP contribution in [0.15, 0.2) is 58.5 Å². The normalized spacial score (nSPS) is 12.0. The molecule has 0 fully saturated rings. The van der Waals surface area contributed by atoms with E-state index in [4.69, 9.17) is 4.74 Å². The van der Waals surface area contributed by atoms with Crippen molar-refractivity contribution in [1.82, 2.24) is 9.71 Å². The van der Waals surface area contributed by atoms with Crippen LogP contribution in [-0.4, -0.2) is 42.1 Å². The molecule has 0 bridgehead atoms. The van der Waals surface area contributed by atoms with Gasteiger partial charge in [-0.15, -0.1) is 0 Å². The van der Waals surface area contributed by atoms with Crippen molar-refractivity contribution in [2.24, 2.45) is 0 Å². The molecule has 0 aliphatic heterocycles. The van der Waals surface area contributed by atoms with Gasteiger partial charge in [0.2, 0.25) is 10.0 Å². The molecule has 0 aliphatic carbocycles. The van der Waals surface area contributed by atoms with Crippen LogP contribution in [-0.2, 0) is 24.8 Å². The highest BCUT2D eigenvalue weighted by Crippen LogP contribution is 2.17. The van der Waals surface area contributed by atoms with E-state index in [2.05, 4.69) is 14.4 Å². The highest BCUT2D eigenvalue weighted by Gasteiger charge is 2.18. The number of sulfonamides is 2. The predicted octanol–water partition coefficient (Wildman–Crippen LogP) is 0.807. The number of anilines is 1. The van der Waals surface area contributed by atoms with Gasteiger partial charge >= 0.3 is 0 Å². The Kier molecular flexibility index (Phi) is 5.89. The lowest BCUT2D eigenvalue weighted by Gasteiger charge is -2.09. The van der Waals surface area contributed by atoms with Crippen molar-refractivity contribution in [3.05, 3.63) is 48.7 Å². The standard InChI is InChI=1S/C14H17N3O5S2/c1-22-11-10-16-23(18,19)12-5-7-13(8-6-12)24(20,21)17-14-4-2-3-9-15-14/h2-9,16H,10-11H2,1H3,(H,15,17). The van der Waals surface area contributed by atoms with E-state index >= 15 is 0 Å². The van der Waals surface area contributed by atoms with Crippen LogP contribution in [0.5, 0.6) is 0 Å². The molecule has 130 valence electrons. The fraction of sp³-hybridized carbons (Fsp3) is 0.214. The fourth-order valence-corrected chi connectivity index (χ4v) is 3.80. The van der Waals surface area contributed by atoms with Crippen LogP contribution in [0.3, 0.4) is 0 Å². The first-order chi connectivity index (χ1) is 11.3. The summed E-state index contributed by atoms with van der Waals surface area (Å²) >= 11 is 0. The lowest BCUT2D eigenvalue weighted by atomic mass is 10.4. The molecule has 8 nitrogen and oxygen atoms in total. The van der Waals surface area contributed by atoms with Crippen molar-refractivity contribution < 1.29 is 21.6 Å². The van der Waals surface area contributed by atoms with Gasteiger partial charge in [-0.25, -0.2) is 26.5 Å². The van der Waals surface area contributed by atoms with Crippen LogP contribution in [0.4, 0.5) is 5.82 Å². The first kappa shape index (κ1) is 18.3. The third-order valence-electron chi connectivity index (χ3n) is 2.95. The molecule has 0 unspecified atom stereocenters. The minimum atomic E-state index is -3.84. The zero-order valence-electron chi connectivity index (χ0n) is 12.8. The number of ether oxygens (including phenoxy) is 1. The van der Waals surface area contributed by atoms with Crippen LogP contribution < -0.4 is 9.44 Å². The molecule has 2 N–H and O–H groups in total. The summed E-state index contributed by atoms with van der Waals surface area (Å²) in [6, 6.07) is 9.70. The minimum absolute atomic E-state index is 0.0320. The molecule has 0 saturated heterocycles. The van der Waals surface area contributed by atoms with Gasteiger partial charge in [0.25, 0.3) is 10.0 Å². The van der Waals surface area contributed by atoms with Crippen LogP contribution in [0, 0.1) is 0 Å². The summed E-state index contributed by atoms with van der Waals surface area (Å²) in [4.78, 5) is 3.78. The van der Waals surface area contributed by atoms with Crippen molar-refractivity contribution in [2.45, 2.75) is 9.79 Å². The maximum absolute atomic E-state index is 12.2. The van der Waals surface area contributed by atoms with E-state index in [1.165, 1.54) is 43.6 Å². The second kappa shape index (κ2) is 7.71. The van der Waals surface area contributed by atoms with Crippen LogP contribution in [0.1, 0.15) is 0 Å². The Morgan fingerprint density at radius 2 is 1.58 bits per heavy atom. The number of rotatable bonds is 8. The Balaban J connectivity index is 2.16. The largest absolute Gasteiger partial charge is 0.383 e. The maximum Gasteiger partial charge on any atom is 0.263 e. The number of methoxy groups -OCH3 is 1. The lowest BCUT2D eigenvalue weighted by Crippen LogP contribution is -2.27. The third kappa shape index (κ3) is 4.74. The summed E-state index contributed by atoms with van der Waals surface area (Å²) in [5.74, 6) is 0.176. The van der Waals surface area contributed by atoms with Crippen LogP contribution in [0.2, 0.25) is 0 Å². The third-order valence-corrected chi connectivity index (χ3v) is 5.79. The molecule has 1 heterocycles. The van der Waals surface area contributed by atoms with Crippen LogP contribution in [0.25, 0.3) is 0 Å². The van der Waals surface area contributed by atoms with E-state index in [9.17, 15) is 16.8 Å². The molecule has 0 saturated carbocycles. The van der Waals surface area contributed by atoms with Crippen molar-refractivity contribution in [1.29, 1.82) is 0 Å². The zero-order valence-corrected chi connectivity index (χ0v) is 14.5. The summed E-state index contributed by atoms with van der Waals surface area (Å²) in [6.45, 7) is 0.361. The molecular weight excluding hydrogens is 354 g/mol. The second-order valence-electron chi connectivity index (χ2n) is 4.68. The number of hydrogen-bond donors (Lipinski definition) is 2. The molecule has 0 aliphatic rings. The monoisotopic (exact) mass is 371 g/mol. The van der Waals surface area contributed by atoms with E-state index in [0.29, 0.717) is 0 Å². The zero-order chi connectivity index (χ0) is 17.6. The Morgan fingerprint density at radius 1 is 0.958 bits per heavy atom. The Labute approximate surface area is 141 Å². The second-order valence-corrected chi connectivity index (χ2v) is 8.13. The Hall–Kier alpha value is -2.01. The number of aromatic nitrogens is 1. The van der Waals surface area contributed by atoms with Gasteiger partial charge in [-0.3, -0.25) is 4.72 Å². The Bertz CT molecular complexity index is 866. The summed E-state index contributed by atoms with van der Waals surface area (Å²) in [5, 5.41) is 0. The van der Waals surface area contributed by atoms with Gasteiger partial charge in [0.15, 0.2) is 0 Å². The van der Waals surface area contributed by atoms with Gasteiger partial charge in [0.05, 0.1) is 16.4 Å². The van der Waals surface area contributed by atoms with Gasteiger partial charge in [-0.05, 0) is 36.4 Å².